The Hall–Kier alpha value is -2.16. The standard InChI is InChI=1S/C12H10F4N4O/c13-6-3-7(14)10(16)11(9(6)15)18-12-20-19-8(21-12)4-17-5-1-2-5/h3,5,17H,1-2,4H2,(H,18,20). The number of nitrogens with zero attached hydrogens (tertiary/aromatic N) is 2. The van der Waals surface area contributed by atoms with Gasteiger partial charge in [0.05, 0.1) is 6.54 Å². The van der Waals surface area contributed by atoms with E-state index in [4.69, 9.17) is 4.42 Å². The van der Waals surface area contributed by atoms with Crippen LogP contribution >= 0.6 is 0 Å². The number of aromatic nitrogens is 2. The number of nitrogens with one attached hydrogen (secondary N) is 2. The highest BCUT2D eigenvalue weighted by atomic mass is 19.2. The van der Waals surface area contributed by atoms with E-state index in [9.17, 15) is 17.6 Å². The fourth-order valence-corrected chi connectivity index (χ4v) is 1.68. The number of anilines is 2. The summed E-state index contributed by atoms with van der Waals surface area (Å²) in [6.07, 6.45) is 2.14. The van der Waals surface area contributed by atoms with Crippen LogP contribution in [0.1, 0.15) is 18.7 Å². The van der Waals surface area contributed by atoms with E-state index < -0.39 is 29.0 Å². The van der Waals surface area contributed by atoms with Gasteiger partial charge < -0.3 is 15.1 Å². The molecule has 1 aromatic heterocycles. The maximum atomic E-state index is 13.5. The van der Waals surface area contributed by atoms with Crippen LogP contribution in [0.5, 0.6) is 0 Å². The maximum Gasteiger partial charge on any atom is 0.320 e. The van der Waals surface area contributed by atoms with E-state index in [1.807, 2.05) is 5.32 Å². The van der Waals surface area contributed by atoms with Gasteiger partial charge >= 0.3 is 6.01 Å². The molecule has 0 atom stereocenters. The SMILES string of the molecule is Fc1cc(F)c(F)c(Nc2nnc(CNC3CC3)o2)c1F. The van der Waals surface area contributed by atoms with E-state index in [2.05, 4.69) is 15.5 Å². The van der Waals surface area contributed by atoms with Gasteiger partial charge in [0.2, 0.25) is 5.89 Å². The fraction of sp³-hybridized carbons (Fsp3) is 0.333. The molecule has 2 N–H and O–H groups in total. The van der Waals surface area contributed by atoms with Crippen LogP contribution in [0.2, 0.25) is 0 Å². The van der Waals surface area contributed by atoms with E-state index >= 15 is 0 Å². The van der Waals surface area contributed by atoms with Crippen molar-refractivity contribution < 1.29 is 22.0 Å². The number of benzene rings is 1. The minimum Gasteiger partial charge on any atom is -0.406 e. The molecule has 1 aliphatic carbocycles. The third kappa shape index (κ3) is 2.97. The topological polar surface area (TPSA) is 63.0 Å². The Labute approximate surface area is 116 Å². The van der Waals surface area contributed by atoms with Gasteiger partial charge in [0, 0.05) is 12.1 Å². The predicted molar refractivity (Wildman–Crippen MR) is 63.7 cm³/mol. The second kappa shape index (κ2) is 5.32. The van der Waals surface area contributed by atoms with Gasteiger partial charge in [0.15, 0.2) is 23.3 Å². The first kappa shape index (κ1) is 13.8. The van der Waals surface area contributed by atoms with Gasteiger partial charge in [0.25, 0.3) is 0 Å². The van der Waals surface area contributed by atoms with Crippen molar-refractivity contribution in [2.24, 2.45) is 0 Å². The lowest BCUT2D eigenvalue weighted by Crippen LogP contribution is -2.15. The lowest BCUT2D eigenvalue weighted by Gasteiger charge is -2.06. The van der Waals surface area contributed by atoms with Crippen molar-refractivity contribution in [3.63, 3.8) is 0 Å². The monoisotopic (exact) mass is 302 g/mol. The van der Waals surface area contributed by atoms with Crippen molar-refractivity contribution in [2.45, 2.75) is 25.4 Å². The minimum atomic E-state index is -1.57. The average Bonchev–Trinajstić information content (AvgIpc) is 3.18. The van der Waals surface area contributed by atoms with Gasteiger partial charge in [-0.15, -0.1) is 5.10 Å². The molecule has 0 radical (unpaired) electrons. The molecular formula is C12H10F4N4O. The van der Waals surface area contributed by atoms with E-state index in [0.717, 1.165) is 12.8 Å². The molecular weight excluding hydrogens is 292 g/mol. The van der Waals surface area contributed by atoms with Gasteiger partial charge in [0.1, 0.15) is 5.69 Å². The molecule has 21 heavy (non-hydrogen) atoms. The highest BCUT2D eigenvalue weighted by molar-refractivity contribution is 5.54. The molecule has 1 aliphatic rings. The smallest absolute Gasteiger partial charge is 0.320 e. The molecule has 0 unspecified atom stereocenters. The first-order valence-corrected chi connectivity index (χ1v) is 6.20. The van der Waals surface area contributed by atoms with Crippen LogP contribution in [-0.4, -0.2) is 16.2 Å². The Bertz CT molecular complexity index is 645. The molecule has 0 aliphatic heterocycles. The van der Waals surface area contributed by atoms with Crippen molar-refractivity contribution in [3.05, 3.63) is 35.2 Å². The molecule has 0 spiro atoms. The van der Waals surface area contributed by atoms with Gasteiger partial charge in [-0.25, -0.2) is 17.6 Å². The Balaban J connectivity index is 1.77. The van der Waals surface area contributed by atoms with Crippen molar-refractivity contribution in [1.82, 2.24) is 15.5 Å². The zero-order valence-electron chi connectivity index (χ0n) is 10.6. The first-order chi connectivity index (χ1) is 10.0. The van der Waals surface area contributed by atoms with Crippen molar-refractivity contribution in [1.29, 1.82) is 0 Å². The summed E-state index contributed by atoms with van der Waals surface area (Å²) < 4.78 is 58.1. The van der Waals surface area contributed by atoms with E-state index in [1.165, 1.54) is 0 Å². The second-order valence-electron chi connectivity index (χ2n) is 4.62. The van der Waals surface area contributed by atoms with Crippen molar-refractivity contribution >= 4 is 11.7 Å². The largest absolute Gasteiger partial charge is 0.406 e. The van der Waals surface area contributed by atoms with Crippen LogP contribution in [0, 0.1) is 23.3 Å². The summed E-state index contributed by atoms with van der Waals surface area (Å²) in [6, 6.07) is 0.181. The summed E-state index contributed by atoms with van der Waals surface area (Å²) >= 11 is 0. The number of hydrogen-bond acceptors (Lipinski definition) is 5. The van der Waals surface area contributed by atoms with Crippen LogP contribution in [0.25, 0.3) is 0 Å². The summed E-state index contributed by atoms with van der Waals surface area (Å²) in [4.78, 5) is 0. The third-order valence-corrected chi connectivity index (χ3v) is 2.93. The lowest BCUT2D eigenvalue weighted by atomic mass is 10.2. The van der Waals surface area contributed by atoms with Crippen molar-refractivity contribution in [3.8, 4) is 0 Å². The van der Waals surface area contributed by atoms with Gasteiger partial charge in [-0.2, -0.15) is 0 Å². The van der Waals surface area contributed by atoms with Gasteiger partial charge in [-0.1, -0.05) is 5.10 Å². The summed E-state index contributed by atoms with van der Waals surface area (Å²) in [6.45, 7) is 0.307. The van der Waals surface area contributed by atoms with Crippen LogP contribution in [0.3, 0.4) is 0 Å². The second-order valence-corrected chi connectivity index (χ2v) is 4.62. The zero-order chi connectivity index (χ0) is 15.0. The molecule has 1 saturated carbocycles. The molecule has 112 valence electrons. The molecule has 9 heteroatoms. The number of rotatable bonds is 5. The number of hydrogen-bond donors (Lipinski definition) is 2. The molecule has 3 rings (SSSR count). The molecule has 1 aromatic carbocycles. The van der Waals surface area contributed by atoms with Crippen LogP contribution in [0.4, 0.5) is 29.3 Å². The Morgan fingerprint density at radius 2 is 1.76 bits per heavy atom. The molecule has 5 nitrogen and oxygen atoms in total. The first-order valence-electron chi connectivity index (χ1n) is 6.20. The summed E-state index contributed by atoms with van der Waals surface area (Å²) in [5.41, 5.74) is -1.02. The summed E-state index contributed by atoms with van der Waals surface area (Å²) in [5, 5.41) is 12.3. The normalized spacial score (nSPS) is 14.5. The summed E-state index contributed by atoms with van der Waals surface area (Å²) in [5.74, 6) is -5.98. The van der Waals surface area contributed by atoms with Crippen LogP contribution < -0.4 is 10.6 Å². The number of halogens is 4. The molecule has 1 fully saturated rings. The minimum absolute atomic E-state index is 0.120. The molecule has 0 amide bonds. The van der Waals surface area contributed by atoms with Crippen LogP contribution in [-0.2, 0) is 6.54 Å². The summed E-state index contributed by atoms with van der Waals surface area (Å²) in [7, 11) is 0. The Kier molecular flexibility index (Phi) is 3.50. The van der Waals surface area contributed by atoms with E-state index in [-0.39, 0.29) is 18.0 Å². The van der Waals surface area contributed by atoms with Crippen LogP contribution in [0.15, 0.2) is 10.5 Å². The molecule has 0 saturated heterocycles. The van der Waals surface area contributed by atoms with E-state index in [0.29, 0.717) is 12.6 Å². The molecule has 1 heterocycles. The maximum absolute atomic E-state index is 13.5. The predicted octanol–water partition coefficient (Wildman–Crippen LogP) is 2.62. The fourth-order valence-electron chi connectivity index (χ4n) is 1.68. The molecule has 0 bridgehead atoms. The van der Waals surface area contributed by atoms with Gasteiger partial charge in [-0.3, -0.25) is 0 Å². The highest BCUT2D eigenvalue weighted by Crippen LogP contribution is 2.27. The third-order valence-electron chi connectivity index (χ3n) is 2.93. The Morgan fingerprint density at radius 1 is 1.10 bits per heavy atom. The Morgan fingerprint density at radius 3 is 2.38 bits per heavy atom. The highest BCUT2D eigenvalue weighted by Gasteiger charge is 2.23. The van der Waals surface area contributed by atoms with E-state index in [1.54, 1.807) is 0 Å². The van der Waals surface area contributed by atoms with Crippen molar-refractivity contribution in [2.75, 3.05) is 5.32 Å². The van der Waals surface area contributed by atoms with Gasteiger partial charge in [-0.05, 0) is 12.8 Å². The quantitative estimate of drug-likeness (QED) is 0.656. The average molecular weight is 302 g/mol. The lowest BCUT2D eigenvalue weighted by molar-refractivity contribution is 0.454. The molecule has 2 aromatic rings. The zero-order valence-corrected chi connectivity index (χ0v) is 10.6.